The third-order valence-electron chi connectivity index (χ3n) is 8.45. The van der Waals surface area contributed by atoms with Crippen molar-refractivity contribution in [2.75, 3.05) is 0 Å². The van der Waals surface area contributed by atoms with Crippen molar-refractivity contribution in [1.29, 1.82) is 0 Å². The van der Waals surface area contributed by atoms with Crippen LogP contribution in [0.3, 0.4) is 0 Å². The summed E-state index contributed by atoms with van der Waals surface area (Å²) >= 11 is 0. The minimum Gasteiger partial charge on any atom is -0.0654 e. The van der Waals surface area contributed by atoms with Crippen molar-refractivity contribution in [2.24, 2.45) is 0 Å². The second-order valence-corrected chi connectivity index (χ2v) is 11.9. The van der Waals surface area contributed by atoms with Crippen LogP contribution >= 0.6 is 0 Å². The summed E-state index contributed by atoms with van der Waals surface area (Å²) in [5, 5.41) is 0. The fourth-order valence-corrected chi connectivity index (χ4v) is 6.03. The minimum atomic E-state index is 1.18. The molecule has 0 fully saturated rings. The van der Waals surface area contributed by atoms with Crippen LogP contribution in [0.1, 0.15) is 163 Å². The Morgan fingerprint density at radius 3 is 0.789 bits per heavy atom. The molecule has 0 N–H and O–H groups in total. The lowest BCUT2D eigenvalue weighted by Crippen LogP contribution is -2.06. The van der Waals surface area contributed by atoms with Gasteiger partial charge in [-0.15, -0.1) is 0 Å². The van der Waals surface area contributed by atoms with E-state index in [0.717, 1.165) is 0 Å². The van der Waals surface area contributed by atoms with E-state index >= 15 is 0 Å². The van der Waals surface area contributed by atoms with Gasteiger partial charge in [-0.2, -0.15) is 0 Å². The number of aryl methyl sites for hydroxylation is 6. The van der Waals surface area contributed by atoms with E-state index in [1.807, 2.05) is 0 Å². The van der Waals surface area contributed by atoms with E-state index in [2.05, 4.69) is 65.8 Å². The molecule has 0 amide bonds. The molecule has 0 aromatic heterocycles. The summed E-state index contributed by atoms with van der Waals surface area (Å²) < 4.78 is 0. The first-order valence-corrected chi connectivity index (χ1v) is 16.9. The van der Waals surface area contributed by atoms with Gasteiger partial charge in [0.1, 0.15) is 0 Å². The Morgan fingerprint density at radius 2 is 0.553 bits per heavy atom. The molecule has 0 unspecified atom stereocenters. The number of hydrogen-bond acceptors (Lipinski definition) is 0. The Kier molecular flexibility index (Phi) is 16.7. The van der Waals surface area contributed by atoms with Gasteiger partial charge >= 0.3 is 0 Å². The van der Waals surface area contributed by atoms with Crippen molar-refractivity contribution in [3.05, 3.63) is 68.8 Å². The monoisotopic (exact) mass is 518 g/mol. The van der Waals surface area contributed by atoms with Crippen LogP contribution in [0.4, 0.5) is 0 Å². The molecule has 0 saturated heterocycles. The SMILES string of the molecule is CCCCc1cc(CCc2cc(CCCC)c(CCCC)c(CCCC)c2)cc(CCCC)c1CCCC. The average molecular weight is 519 g/mol. The molecule has 0 bridgehead atoms. The lowest BCUT2D eigenvalue weighted by atomic mass is 9.86. The van der Waals surface area contributed by atoms with E-state index in [-0.39, 0.29) is 0 Å². The summed E-state index contributed by atoms with van der Waals surface area (Å²) in [5.41, 5.74) is 13.3. The van der Waals surface area contributed by atoms with E-state index in [1.54, 1.807) is 44.5 Å². The number of rotatable bonds is 21. The smallest absolute Gasteiger partial charge is 0.0238 e. The average Bonchev–Trinajstić information content (AvgIpc) is 2.93. The molecule has 2 aromatic rings. The highest BCUT2D eigenvalue weighted by Crippen LogP contribution is 2.27. The first-order valence-electron chi connectivity index (χ1n) is 16.9. The zero-order valence-electron chi connectivity index (χ0n) is 26.5. The molecule has 0 aliphatic rings. The third-order valence-corrected chi connectivity index (χ3v) is 8.45. The van der Waals surface area contributed by atoms with Gasteiger partial charge < -0.3 is 0 Å². The fourth-order valence-electron chi connectivity index (χ4n) is 6.03. The molecule has 0 aliphatic carbocycles. The molecule has 38 heavy (non-hydrogen) atoms. The van der Waals surface area contributed by atoms with Crippen molar-refractivity contribution in [1.82, 2.24) is 0 Å². The van der Waals surface area contributed by atoms with Crippen LogP contribution in [-0.4, -0.2) is 0 Å². The summed E-state index contributed by atoms with van der Waals surface area (Å²) in [7, 11) is 0. The quantitative estimate of drug-likeness (QED) is 0.154. The summed E-state index contributed by atoms with van der Waals surface area (Å²) in [6.45, 7) is 14.0. The number of hydrogen-bond donors (Lipinski definition) is 0. The first kappa shape index (κ1) is 32.7. The van der Waals surface area contributed by atoms with E-state index in [0.29, 0.717) is 0 Å². The predicted octanol–water partition coefficient (Wildman–Crippen LogP) is 11.5. The van der Waals surface area contributed by atoms with Crippen molar-refractivity contribution in [3.63, 3.8) is 0 Å². The van der Waals surface area contributed by atoms with Gasteiger partial charge in [0.2, 0.25) is 0 Å². The molecule has 0 atom stereocenters. The van der Waals surface area contributed by atoms with Crippen molar-refractivity contribution in [3.8, 4) is 0 Å². The maximum atomic E-state index is 2.61. The Bertz CT molecular complexity index is 769. The van der Waals surface area contributed by atoms with E-state index in [1.165, 1.54) is 128 Å². The molecule has 0 nitrogen and oxygen atoms in total. The molecule has 0 aliphatic heterocycles. The van der Waals surface area contributed by atoms with Crippen molar-refractivity contribution >= 4 is 0 Å². The Hall–Kier alpha value is -1.56. The maximum absolute atomic E-state index is 2.61. The van der Waals surface area contributed by atoms with Gasteiger partial charge in [0.15, 0.2) is 0 Å². The molecule has 2 rings (SSSR count). The van der Waals surface area contributed by atoms with Crippen LogP contribution in [0.2, 0.25) is 0 Å². The van der Waals surface area contributed by atoms with Crippen LogP contribution < -0.4 is 0 Å². The van der Waals surface area contributed by atoms with Gasteiger partial charge in [0, 0.05) is 0 Å². The molecular weight excluding hydrogens is 456 g/mol. The first-order chi connectivity index (χ1) is 18.6. The van der Waals surface area contributed by atoms with Crippen LogP contribution in [0.15, 0.2) is 24.3 Å². The maximum Gasteiger partial charge on any atom is -0.0238 e. The lowest BCUT2D eigenvalue weighted by molar-refractivity contribution is 0.729. The van der Waals surface area contributed by atoms with Gasteiger partial charge in [-0.3, -0.25) is 0 Å². The second kappa shape index (κ2) is 19.5. The molecule has 214 valence electrons. The van der Waals surface area contributed by atoms with E-state index in [4.69, 9.17) is 0 Å². The largest absolute Gasteiger partial charge is 0.0654 e. The Morgan fingerprint density at radius 1 is 0.316 bits per heavy atom. The minimum absolute atomic E-state index is 1.18. The van der Waals surface area contributed by atoms with E-state index in [9.17, 15) is 0 Å². The van der Waals surface area contributed by atoms with Gasteiger partial charge in [0.05, 0.1) is 0 Å². The van der Waals surface area contributed by atoms with Crippen molar-refractivity contribution < 1.29 is 0 Å². The van der Waals surface area contributed by atoms with E-state index < -0.39 is 0 Å². The molecule has 0 heterocycles. The molecular formula is C38H62. The summed E-state index contributed by atoms with van der Waals surface area (Å²) in [6.07, 6.45) is 25.6. The summed E-state index contributed by atoms with van der Waals surface area (Å²) in [6, 6.07) is 10.5. The number of benzene rings is 2. The summed E-state index contributed by atoms with van der Waals surface area (Å²) in [5.74, 6) is 0. The normalized spacial score (nSPS) is 11.4. The highest BCUT2D eigenvalue weighted by molar-refractivity contribution is 5.42. The molecule has 0 radical (unpaired) electrons. The fraction of sp³-hybridized carbons (Fsp3) is 0.684. The zero-order valence-corrected chi connectivity index (χ0v) is 26.5. The highest BCUT2D eigenvalue weighted by Gasteiger charge is 2.14. The van der Waals surface area contributed by atoms with Gasteiger partial charge in [0.25, 0.3) is 0 Å². The van der Waals surface area contributed by atoms with Crippen LogP contribution in [-0.2, 0) is 51.4 Å². The van der Waals surface area contributed by atoms with Crippen LogP contribution in [0.25, 0.3) is 0 Å². The molecule has 2 aromatic carbocycles. The second-order valence-electron chi connectivity index (χ2n) is 11.9. The standard InChI is InChI=1S/C38H62/c1-7-13-19-33-27-31(28-34(20-14-8-2)37(33)23-17-11-5)25-26-32-29-35(21-15-9-3)38(24-18-12-6)36(30-32)22-16-10-4/h27-30H,7-26H2,1-6H3. The Labute approximate surface area is 238 Å². The topological polar surface area (TPSA) is 0 Å². The van der Waals surface area contributed by atoms with Crippen LogP contribution in [0.5, 0.6) is 0 Å². The van der Waals surface area contributed by atoms with Gasteiger partial charge in [-0.05, 0) is 134 Å². The summed E-state index contributed by atoms with van der Waals surface area (Å²) in [4.78, 5) is 0. The van der Waals surface area contributed by atoms with Gasteiger partial charge in [-0.1, -0.05) is 104 Å². The Balaban J connectivity index is 2.39. The number of unbranched alkanes of at least 4 members (excludes halogenated alkanes) is 6. The van der Waals surface area contributed by atoms with Crippen LogP contribution in [0, 0.1) is 0 Å². The predicted molar refractivity (Wildman–Crippen MR) is 172 cm³/mol. The van der Waals surface area contributed by atoms with Crippen molar-refractivity contribution in [2.45, 2.75) is 170 Å². The lowest BCUT2D eigenvalue weighted by Gasteiger charge is -2.19. The third kappa shape index (κ3) is 10.9. The highest BCUT2D eigenvalue weighted by atomic mass is 14.2. The molecule has 0 saturated carbocycles. The zero-order chi connectivity index (χ0) is 27.6. The van der Waals surface area contributed by atoms with Gasteiger partial charge in [-0.25, -0.2) is 0 Å². The molecule has 0 heteroatoms. The molecule has 0 spiro atoms.